The molecule has 0 aliphatic rings. The molecule has 2 rings (SSSR count). The third-order valence-electron chi connectivity index (χ3n) is 2.87. The molecule has 0 bridgehead atoms. The fourth-order valence-corrected chi connectivity index (χ4v) is 1.60. The average Bonchev–Trinajstić information content (AvgIpc) is 2.83. The summed E-state index contributed by atoms with van der Waals surface area (Å²) >= 11 is 0. The van der Waals surface area contributed by atoms with Crippen molar-refractivity contribution in [3.05, 3.63) is 46.8 Å². The molecule has 1 aromatic carbocycles. The van der Waals surface area contributed by atoms with E-state index in [1.165, 1.54) is 17.2 Å². The van der Waals surface area contributed by atoms with Crippen LogP contribution in [0.1, 0.15) is 27.4 Å². The van der Waals surface area contributed by atoms with Gasteiger partial charge in [0, 0.05) is 12.5 Å². The van der Waals surface area contributed by atoms with E-state index < -0.39 is 5.97 Å². The zero-order valence-corrected chi connectivity index (χ0v) is 10.8. The van der Waals surface area contributed by atoms with Crippen LogP contribution in [0.4, 0.5) is 0 Å². The minimum absolute atomic E-state index is 0.0822. The van der Waals surface area contributed by atoms with Crippen LogP contribution in [0, 0.1) is 13.8 Å². The van der Waals surface area contributed by atoms with Gasteiger partial charge in [0.25, 0.3) is 0 Å². The molecule has 2 aromatic rings. The van der Waals surface area contributed by atoms with Crippen molar-refractivity contribution in [1.82, 2.24) is 5.16 Å². The SMILES string of the molecule is Cc1ccc(OCCc2cc(C(=O)O)no2)cc1C. The van der Waals surface area contributed by atoms with E-state index in [0.717, 1.165) is 5.75 Å². The zero-order chi connectivity index (χ0) is 13.8. The van der Waals surface area contributed by atoms with Gasteiger partial charge in [0.2, 0.25) is 0 Å². The zero-order valence-electron chi connectivity index (χ0n) is 10.8. The second-order valence-corrected chi connectivity index (χ2v) is 4.33. The normalized spacial score (nSPS) is 10.4. The fourth-order valence-electron chi connectivity index (χ4n) is 1.60. The molecule has 0 amide bonds. The van der Waals surface area contributed by atoms with Gasteiger partial charge in [0.1, 0.15) is 11.5 Å². The van der Waals surface area contributed by atoms with Crippen LogP contribution in [-0.2, 0) is 6.42 Å². The number of rotatable bonds is 5. The number of aromatic carboxylic acids is 1. The van der Waals surface area contributed by atoms with Crippen LogP contribution in [0.2, 0.25) is 0 Å². The number of carboxylic acid groups (broad SMARTS) is 1. The predicted octanol–water partition coefficient (Wildman–Crippen LogP) is 2.61. The number of hydrogen-bond acceptors (Lipinski definition) is 4. The number of carboxylic acids is 1. The Balaban J connectivity index is 1.88. The second kappa shape index (κ2) is 5.56. The largest absolute Gasteiger partial charge is 0.493 e. The number of carbonyl (C=O) groups is 1. The molecule has 1 N–H and O–H groups in total. The summed E-state index contributed by atoms with van der Waals surface area (Å²) in [5.74, 6) is 0.201. The second-order valence-electron chi connectivity index (χ2n) is 4.33. The number of ether oxygens (including phenoxy) is 1. The molecular weight excluding hydrogens is 246 g/mol. The summed E-state index contributed by atoms with van der Waals surface area (Å²) in [5, 5.41) is 12.1. The summed E-state index contributed by atoms with van der Waals surface area (Å²) < 4.78 is 10.5. The maximum absolute atomic E-state index is 10.6. The van der Waals surface area contributed by atoms with E-state index in [1.807, 2.05) is 32.0 Å². The molecule has 0 unspecified atom stereocenters. The van der Waals surface area contributed by atoms with Gasteiger partial charge in [-0.3, -0.25) is 0 Å². The summed E-state index contributed by atoms with van der Waals surface area (Å²) in [6.45, 7) is 4.48. The summed E-state index contributed by atoms with van der Waals surface area (Å²) in [6.07, 6.45) is 0.479. The lowest BCUT2D eigenvalue weighted by molar-refractivity contribution is 0.0685. The van der Waals surface area contributed by atoms with Crippen LogP contribution in [0.15, 0.2) is 28.8 Å². The van der Waals surface area contributed by atoms with Crippen LogP contribution < -0.4 is 4.74 Å². The Morgan fingerprint density at radius 1 is 1.32 bits per heavy atom. The molecule has 0 atom stereocenters. The van der Waals surface area contributed by atoms with Gasteiger partial charge in [0.15, 0.2) is 5.69 Å². The summed E-state index contributed by atoms with van der Waals surface area (Å²) in [6, 6.07) is 7.29. The minimum Gasteiger partial charge on any atom is -0.493 e. The lowest BCUT2D eigenvalue weighted by atomic mass is 10.1. The highest BCUT2D eigenvalue weighted by atomic mass is 16.5. The Morgan fingerprint density at radius 2 is 2.11 bits per heavy atom. The molecule has 5 heteroatoms. The molecule has 1 aromatic heterocycles. The molecule has 0 saturated heterocycles. The maximum Gasteiger partial charge on any atom is 0.358 e. The monoisotopic (exact) mass is 261 g/mol. The van der Waals surface area contributed by atoms with Crippen molar-refractivity contribution in [2.24, 2.45) is 0 Å². The molecule has 1 heterocycles. The van der Waals surface area contributed by atoms with Gasteiger partial charge in [-0.1, -0.05) is 11.2 Å². The van der Waals surface area contributed by atoms with E-state index in [-0.39, 0.29) is 5.69 Å². The van der Waals surface area contributed by atoms with Gasteiger partial charge in [0.05, 0.1) is 6.61 Å². The van der Waals surface area contributed by atoms with Gasteiger partial charge in [-0.25, -0.2) is 4.79 Å². The molecule has 0 saturated carbocycles. The van der Waals surface area contributed by atoms with E-state index >= 15 is 0 Å². The highest BCUT2D eigenvalue weighted by Gasteiger charge is 2.10. The quantitative estimate of drug-likeness (QED) is 0.895. The maximum atomic E-state index is 10.6. The Kier molecular flexibility index (Phi) is 3.85. The van der Waals surface area contributed by atoms with Gasteiger partial charge in [-0.2, -0.15) is 0 Å². The third kappa shape index (κ3) is 3.34. The van der Waals surface area contributed by atoms with Gasteiger partial charge < -0.3 is 14.4 Å². The van der Waals surface area contributed by atoms with Crippen molar-refractivity contribution in [3.8, 4) is 5.75 Å². The highest BCUT2D eigenvalue weighted by Crippen LogP contribution is 2.16. The molecule has 0 fully saturated rings. The van der Waals surface area contributed by atoms with Gasteiger partial charge >= 0.3 is 5.97 Å². The molecule has 19 heavy (non-hydrogen) atoms. The van der Waals surface area contributed by atoms with Crippen molar-refractivity contribution in [1.29, 1.82) is 0 Å². The first kappa shape index (κ1) is 13.1. The highest BCUT2D eigenvalue weighted by molar-refractivity contribution is 5.85. The number of nitrogens with zero attached hydrogens (tertiary/aromatic N) is 1. The number of aryl methyl sites for hydroxylation is 2. The number of hydrogen-bond donors (Lipinski definition) is 1. The first-order valence-electron chi connectivity index (χ1n) is 5.95. The van der Waals surface area contributed by atoms with E-state index in [2.05, 4.69) is 5.16 Å². The molecule has 0 aliphatic carbocycles. The van der Waals surface area contributed by atoms with Crippen LogP contribution in [0.3, 0.4) is 0 Å². The molecular formula is C14H15NO4. The van der Waals surface area contributed by atoms with Crippen molar-refractivity contribution in [2.75, 3.05) is 6.61 Å². The molecule has 0 aliphatic heterocycles. The number of benzene rings is 1. The van der Waals surface area contributed by atoms with Crippen molar-refractivity contribution < 1.29 is 19.2 Å². The van der Waals surface area contributed by atoms with Crippen LogP contribution >= 0.6 is 0 Å². The lowest BCUT2D eigenvalue weighted by Crippen LogP contribution is -2.01. The fraction of sp³-hybridized carbons (Fsp3) is 0.286. The molecule has 5 nitrogen and oxygen atoms in total. The summed E-state index contributed by atoms with van der Waals surface area (Å²) in [7, 11) is 0. The summed E-state index contributed by atoms with van der Waals surface area (Å²) in [4.78, 5) is 10.6. The standard InChI is InChI=1S/C14H15NO4/c1-9-3-4-11(7-10(9)2)18-6-5-12-8-13(14(16)17)15-19-12/h3-4,7-8H,5-6H2,1-2H3,(H,16,17). The van der Waals surface area contributed by atoms with Crippen molar-refractivity contribution in [2.45, 2.75) is 20.3 Å². The van der Waals surface area contributed by atoms with Gasteiger partial charge in [-0.15, -0.1) is 0 Å². The van der Waals surface area contributed by atoms with Crippen LogP contribution in [0.5, 0.6) is 5.75 Å². The molecule has 0 radical (unpaired) electrons. The smallest absolute Gasteiger partial charge is 0.358 e. The van der Waals surface area contributed by atoms with E-state index in [0.29, 0.717) is 18.8 Å². The Hall–Kier alpha value is -2.30. The Labute approximate surface area is 110 Å². The lowest BCUT2D eigenvalue weighted by Gasteiger charge is -2.07. The first-order chi connectivity index (χ1) is 9.06. The average molecular weight is 261 g/mol. The van der Waals surface area contributed by atoms with E-state index in [4.69, 9.17) is 14.4 Å². The Morgan fingerprint density at radius 3 is 2.74 bits per heavy atom. The molecule has 0 spiro atoms. The summed E-state index contributed by atoms with van der Waals surface area (Å²) in [5.41, 5.74) is 2.31. The van der Waals surface area contributed by atoms with Crippen LogP contribution in [0.25, 0.3) is 0 Å². The van der Waals surface area contributed by atoms with E-state index in [9.17, 15) is 4.79 Å². The van der Waals surface area contributed by atoms with Crippen molar-refractivity contribution in [3.63, 3.8) is 0 Å². The Bertz CT molecular complexity index is 589. The topological polar surface area (TPSA) is 72.6 Å². The molecule has 100 valence electrons. The van der Waals surface area contributed by atoms with E-state index in [1.54, 1.807) is 0 Å². The van der Waals surface area contributed by atoms with Crippen LogP contribution in [-0.4, -0.2) is 22.8 Å². The number of aromatic nitrogens is 1. The first-order valence-corrected chi connectivity index (χ1v) is 5.95. The van der Waals surface area contributed by atoms with Crippen molar-refractivity contribution >= 4 is 5.97 Å². The predicted molar refractivity (Wildman–Crippen MR) is 68.6 cm³/mol. The third-order valence-corrected chi connectivity index (χ3v) is 2.87. The minimum atomic E-state index is -1.09. The van der Waals surface area contributed by atoms with Gasteiger partial charge in [-0.05, 0) is 37.1 Å².